The Balaban J connectivity index is 0. The molecule has 2 unspecified atom stereocenters. The Morgan fingerprint density at radius 3 is 1.54 bits per heavy atom. The van der Waals surface area contributed by atoms with Crippen molar-refractivity contribution in [3.8, 4) is 0 Å². The molecule has 0 fully saturated rings. The summed E-state index contributed by atoms with van der Waals surface area (Å²) in [4.78, 5) is 13.5. The summed E-state index contributed by atoms with van der Waals surface area (Å²) < 4.78 is 0. The molecule has 4 heteroatoms. The van der Waals surface area contributed by atoms with E-state index in [4.69, 9.17) is 0 Å². The molecule has 0 amide bonds. The zero-order chi connectivity index (χ0) is 20.3. The topological polar surface area (TPSA) is 43.4 Å². The van der Waals surface area contributed by atoms with Gasteiger partial charge < -0.3 is 9.90 Å². The van der Waals surface area contributed by atoms with Crippen molar-refractivity contribution < 1.29 is 61.3 Å². The van der Waals surface area contributed by atoms with Crippen LogP contribution in [0, 0.1) is 0 Å². The number of allylic oxidation sites excluding steroid dienone is 2. The smallest absolute Gasteiger partial charge is 0.549 e. The van der Waals surface area contributed by atoms with Gasteiger partial charge in [0.15, 0.2) is 0 Å². The van der Waals surface area contributed by atoms with E-state index < -0.39 is 5.97 Å². The molecule has 28 heavy (non-hydrogen) atoms. The number of hydrogen-bond donors (Lipinski definition) is 0. The molecule has 0 N–H and O–H groups in total. The summed E-state index contributed by atoms with van der Waals surface area (Å²) in [6.45, 7) is 8.79. The Hall–Kier alpha value is 0.546. The Labute approximate surface area is 217 Å². The van der Waals surface area contributed by atoms with Gasteiger partial charge >= 0.3 is 51.4 Å². The molecule has 0 aromatic heterocycles. The van der Waals surface area contributed by atoms with Crippen molar-refractivity contribution in [2.24, 2.45) is 0 Å². The minimum atomic E-state index is -0.967. The van der Waals surface area contributed by atoms with Crippen LogP contribution >= 0.6 is 0 Å². The maximum atomic E-state index is 11.4. The zero-order valence-electron chi connectivity index (χ0n) is 19.4. The van der Waals surface area contributed by atoms with Gasteiger partial charge in [-0.05, 0) is 51.4 Å². The third-order valence-electron chi connectivity index (χ3n) is 5.29. The van der Waals surface area contributed by atoms with E-state index in [0.29, 0.717) is 0 Å². The van der Waals surface area contributed by atoms with E-state index in [0.717, 1.165) is 38.5 Å². The Morgan fingerprint density at radius 1 is 0.786 bits per heavy atom. The summed E-state index contributed by atoms with van der Waals surface area (Å²) in [6, 6.07) is 0.535. The van der Waals surface area contributed by atoms with Gasteiger partial charge in [0, 0.05) is 18.6 Å². The van der Waals surface area contributed by atoms with E-state index >= 15 is 0 Å². The van der Waals surface area contributed by atoms with Crippen molar-refractivity contribution in [3.05, 3.63) is 24.3 Å². The molecule has 0 spiro atoms. The predicted molar refractivity (Wildman–Crippen MR) is 116 cm³/mol. The van der Waals surface area contributed by atoms with E-state index in [1.165, 1.54) is 38.5 Å². The number of carbonyl (C=O) groups is 1. The van der Waals surface area contributed by atoms with E-state index in [9.17, 15) is 9.90 Å². The van der Waals surface area contributed by atoms with Crippen molar-refractivity contribution in [1.82, 2.24) is 4.90 Å². The molecular formula is C24H44KNO2. The Kier molecular flexibility index (Phi) is 24.4. The van der Waals surface area contributed by atoms with Crippen molar-refractivity contribution in [2.75, 3.05) is 6.54 Å². The molecule has 0 aliphatic carbocycles. The summed E-state index contributed by atoms with van der Waals surface area (Å²) in [5.41, 5.74) is 0. The van der Waals surface area contributed by atoms with Gasteiger partial charge in [0.1, 0.15) is 0 Å². The summed E-state index contributed by atoms with van der Waals surface area (Å²) in [6.07, 6.45) is 22.6. The van der Waals surface area contributed by atoms with Gasteiger partial charge in [0.05, 0.1) is 5.97 Å². The maximum absolute atomic E-state index is 11.4. The average Bonchev–Trinajstić information content (AvgIpc) is 2.65. The molecule has 0 bridgehead atoms. The van der Waals surface area contributed by atoms with Crippen LogP contribution in [0.4, 0.5) is 0 Å². The van der Waals surface area contributed by atoms with Crippen LogP contribution in [0.15, 0.2) is 24.3 Å². The molecule has 0 heterocycles. The molecule has 0 saturated heterocycles. The van der Waals surface area contributed by atoms with Crippen molar-refractivity contribution in [1.29, 1.82) is 0 Å². The first-order valence-electron chi connectivity index (χ1n) is 11.4. The fourth-order valence-corrected chi connectivity index (χ4v) is 3.55. The van der Waals surface area contributed by atoms with Crippen LogP contribution in [0.5, 0.6) is 0 Å². The molecular weight excluding hydrogens is 373 g/mol. The number of rotatable bonds is 18. The van der Waals surface area contributed by atoms with Crippen molar-refractivity contribution in [3.63, 3.8) is 0 Å². The van der Waals surface area contributed by atoms with Crippen LogP contribution < -0.4 is 56.5 Å². The van der Waals surface area contributed by atoms with Crippen LogP contribution in [0.2, 0.25) is 0 Å². The summed E-state index contributed by atoms with van der Waals surface area (Å²) in [5.74, 6) is -0.967. The third-order valence-corrected chi connectivity index (χ3v) is 5.29. The average molecular weight is 418 g/mol. The van der Waals surface area contributed by atoms with Gasteiger partial charge in [0.25, 0.3) is 0 Å². The van der Waals surface area contributed by atoms with E-state index in [1.54, 1.807) is 0 Å². The molecule has 0 rings (SSSR count). The Bertz CT molecular complexity index is 379. The second-order valence-electron chi connectivity index (χ2n) is 7.57. The van der Waals surface area contributed by atoms with Gasteiger partial charge in [-0.1, -0.05) is 77.7 Å². The molecule has 0 radical (unpaired) electrons. The number of unbranched alkanes of at least 4 members (excludes halogenated alkanes) is 6. The fourth-order valence-electron chi connectivity index (χ4n) is 3.55. The van der Waals surface area contributed by atoms with E-state index in [-0.39, 0.29) is 70.0 Å². The molecule has 158 valence electrons. The molecule has 3 nitrogen and oxygen atoms in total. The number of carboxylic acids is 1. The molecule has 0 aliphatic rings. The summed E-state index contributed by atoms with van der Waals surface area (Å²) in [5, 5.41) is 11.4. The van der Waals surface area contributed by atoms with E-state index in [2.05, 4.69) is 56.9 Å². The minimum absolute atomic E-state index is 0. The largest absolute Gasteiger partial charge is 1.00 e. The first kappa shape index (κ1) is 30.7. The van der Waals surface area contributed by atoms with Crippen LogP contribution in [0.3, 0.4) is 0 Å². The summed E-state index contributed by atoms with van der Waals surface area (Å²) >= 11 is 0. The van der Waals surface area contributed by atoms with Gasteiger partial charge in [0.2, 0.25) is 0 Å². The molecule has 0 aliphatic heterocycles. The van der Waals surface area contributed by atoms with Crippen LogP contribution in [0.25, 0.3) is 0 Å². The first-order chi connectivity index (χ1) is 13.1. The normalized spacial score (nSPS) is 13.9. The van der Waals surface area contributed by atoms with Crippen LogP contribution in [-0.4, -0.2) is 29.5 Å². The number of carbonyl (C=O) groups excluding carboxylic acids is 1. The van der Waals surface area contributed by atoms with Crippen molar-refractivity contribution in [2.45, 2.75) is 117 Å². The van der Waals surface area contributed by atoms with Gasteiger partial charge in [-0.15, -0.1) is 0 Å². The maximum Gasteiger partial charge on any atom is 1.00 e. The molecule has 0 aromatic carbocycles. The fraction of sp³-hybridized carbons (Fsp3) is 0.792. The monoisotopic (exact) mass is 417 g/mol. The molecule has 0 saturated carbocycles. The number of aliphatic carboxylic acids is 1. The molecule has 2 atom stereocenters. The predicted octanol–water partition coefficient (Wildman–Crippen LogP) is 2.65. The van der Waals surface area contributed by atoms with Crippen LogP contribution in [-0.2, 0) is 4.79 Å². The van der Waals surface area contributed by atoms with Crippen molar-refractivity contribution >= 4 is 5.97 Å². The minimum Gasteiger partial charge on any atom is -0.549 e. The second kappa shape index (κ2) is 22.2. The SMILES string of the molecule is CCCCC/C=C/CC(CC)N(CC(=O)[O-])C(CC)C/C=C/CCCCC.[K+]. The Morgan fingerprint density at radius 2 is 1.21 bits per heavy atom. The number of nitrogens with zero attached hydrogens (tertiary/aromatic N) is 1. The number of carboxylic acid groups (broad SMARTS) is 1. The second-order valence-corrected chi connectivity index (χ2v) is 7.57. The quantitative estimate of drug-likeness (QED) is 0.196. The summed E-state index contributed by atoms with van der Waals surface area (Å²) in [7, 11) is 0. The standard InChI is InChI=1S/C24H45NO2.K/c1-5-9-11-13-15-17-19-22(7-3)25(21-24(26)27)23(8-4)20-18-16-14-12-10-6-2;/h15-18,22-23H,5-14,19-21H2,1-4H3,(H,26,27);/q;+1/p-1/b17-15+,18-16+;. The van der Waals surface area contributed by atoms with Gasteiger partial charge in [-0.2, -0.15) is 0 Å². The van der Waals surface area contributed by atoms with Crippen LogP contribution in [0.1, 0.15) is 105 Å². The zero-order valence-corrected chi connectivity index (χ0v) is 22.5. The molecule has 0 aromatic rings. The van der Waals surface area contributed by atoms with Gasteiger partial charge in [-0.3, -0.25) is 4.90 Å². The number of hydrogen-bond acceptors (Lipinski definition) is 3. The first-order valence-corrected chi connectivity index (χ1v) is 11.4. The third kappa shape index (κ3) is 16.4. The van der Waals surface area contributed by atoms with Gasteiger partial charge in [-0.25, -0.2) is 0 Å². The van der Waals surface area contributed by atoms with E-state index in [1.807, 2.05) is 0 Å².